The molecule has 0 saturated carbocycles. The molecular formula is C23H26N6O4S. The van der Waals surface area contributed by atoms with Crippen molar-refractivity contribution in [1.82, 2.24) is 23.8 Å². The molecule has 1 aliphatic rings. The second kappa shape index (κ2) is 9.04. The molecule has 2 aromatic heterocycles. The van der Waals surface area contributed by atoms with E-state index in [-0.39, 0.29) is 49.2 Å². The molecule has 10 nitrogen and oxygen atoms in total. The number of amides is 1. The summed E-state index contributed by atoms with van der Waals surface area (Å²) in [4.78, 5) is 18.9. The van der Waals surface area contributed by atoms with Crippen molar-refractivity contribution in [1.29, 1.82) is 5.26 Å². The second-order valence-electron chi connectivity index (χ2n) is 8.42. The monoisotopic (exact) mass is 482 g/mol. The zero-order valence-electron chi connectivity index (χ0n) is 19.3. The van der Waals surface area contributed by atoms with Gasteiger partial charge in [-0.1, -0.05) is 6.07 Å². The van der Waals surface area contributed by atoms with Gasteiger partial charge in [0.05, 0.1) is 6.20 Å². The molecule has 34 heavy (non-hydrogen) atoms. The predicted molar refractivity (Wildman–Crippen MR) is 124 cm³/mol. The Kier molecular flexibility index (Phi) is 6.29. The first kappa shape index (κ1) is 23.7. The standard InChI is InChI=1S/C23H26N6O4S/c1-15-4-6-20(30)21(12-15)34(32,33)28-10-8-27(9-11-28)22(31)7-5-19-16(2)26-23-18(13-24)14-25-29(23)17(19)3/h4,6,12,14,30H,5,7-11H2,1-3H3. The van der Waals surface area contributed by atoms with E-state index in [0.717, 1.165) is 22.5 Å². The van der Waals surface area contributed by atoms with E-state index in [0.29, 0.717) is 17.6 Å². The minimum Gasteiger partial charge on any atom is -0.507 e. The molecule has 0 aliphatic carbocycles. The number of rotatable bonds is 5. The van der Waals surface area contributed by atoms with E-state index < -0.39 is 10.0 Å². The van der Waals surface area contributed by atoms with Crippen LogP contribution in [0.5, 0.6) is 5.75 Å². The lowest BCUT2D eigenvalue weighted by Gasteiger charge is -2.34. The van der Waals surface area contributed by atoms with Gasteiger partial charge in [-0.25, -0.2) is 17.9 Å². The lowest BCUT2D eigenvalue weighted by atomic mass is 10.1. The highest BCUT2D eigenvalue weighted by Crippen LogP contribution is 2.27. The van der Waals surface area contributed by atoms with Gasteiger partial charge in [0.2, 0.25) is 15.9 Å². The van der Waals surface area contributed by atoms with Crippen molar-refractivity contribution in [2.45, 2.75) is 38.5 Å². The van der Waals surface area contributed by atoms with E-state index in [1.54, 1.807) is 22.4 Å². The number of aromatic hydroxyl groups is 1. The van der Waals surface area contributed by atoms with Crippen LogP contribution in [0.3, 0.4) is 0 Å². The van der Waals surface area contributed by atoms with Crippen molar-refractivity contribution in [2.75, 3.05) is 26.2 Å². The van der Waals surface area contributed by atoms with Gasteiger partial charge in [0.15, 0.2) is 5.65 Å². The fourth-order valence-corrected chi connectivity index (χ4v) is 5.88. The number of carbonyl (C=O) groups is 1. The summed E-state index contributed by atoms with van der Waals surface area (Å²) in [6, 6.07) is 6.56. The smallest absolute Gasteiger partial charge is 0.246 e. The molecule has 1 aromatic carbocycles. The number of aromatic nitrogens is 3. The van der Waals surface area contributed by atoms with Gasteiger partial charge < -0.3 is 10.0 Å². The van der Waals surface area contributed by atoms with Crippen LogP contribution in [-0.4, -0.2) is 69.4 Å². The van der Waals surface area contributed by atoms with Crippen LogP contribution < -0.4 is 0 Å². The number of hydrogen-bond donors (Lipinski definition) is 1. The summed E-state index contributed by atoms with van der Waals surface area (Å²) in [7, 11) is -3.85. The molecule has 0 unspecified atom stereocenters. The Balaban J connectivity index is 1.41. The maximum Gasteiger partial charge on any atom is 0.246 e. The third-order valence-electron chi connectivity index (χ3n) is 6.24. The van der Waals surface area contributed by atoms with Gasteiger partial charge in [0, 0.05) is 44.0 Å². The van der Waals surface area contributed by atoms with Crippen LogP contribution in [0.2, 0.25) is 0 Å². The third kappa shape index (κ3) is 4.22. The number of piperazine rings is 1. The maximum atomic E-state index is 13.0. The molecule has 1 N–H and O–H groups in total. The van der Waals surface area contributed by atoms with Crippen LogP contribution in [0.15, 0.2) is 29.3 Å². The highest BCUT2D eigenvalue weighted by molar-refractivity contribution is 7.89. The summed E-state index contributed by atoms with van der Waals surface area (Å²) in [5.74, 6) is -0.341. The quantitative estimate of drug-likeness (QED) is 0.585. The van der Waals surface area contributed by atoms with Crippen molar-refractivity contribution >= 4 is 21.6 Å². The highest BCUT2D eigenvalue weighted by Gasteiger charge is 2.32. The molecule has 0 atom stereocenters. The van der Waals surface area contributed by atoms with Crippen LogP contribution in [0, 0.1) is 32.1 Å². The lowest BCUT2D eigenvalue weighted by Crippen LogP contribution is -2.50. The Morgan fingerprint density at radius 3 is 2.56 bits per heavy atom. The highest BCUT2D eigenvalue weighted by atomic mass is 32.2. The molecule has 0 spiro atoms. The largest absolute Gasteiger partial charge is 0.507 e. The van der Waals surface area contributed by atoms with E-state index in [4.69, 9.17) is 0 Å². The van der Waals surface area contributed by atoms with Gasteiger partial charge >= 0.3 is 0 Å². The number of phenolic OH excluding ortho intramolecular Hbond substituents is 1. The Hall–Kier alpha value is -3.49. The summed E-state index contributed by atoms with van der Waals surface area (Å²) in [5, 5.41) is 23.5. The van der Waals surface area contributed by atoms with E-state index in [1.807, 2.05) is 13.8 Å². The van der Waals surface area contributed by atoms with E-state index in [9.17, 15) is 23.6 Å². The van der Waals surface area contributed by atoms with E-state index in [1.165, 1.54) is 22.6 Å². The summed E-state index contributed by atoms with van der Waals surface area (Å²) in [6.45, 7) is 6.40. The Labute approximate surface area is 198 Å². The molecule has 1 fully saturated rings. The zero-order valence-corrected chi connectivity index (χ0v) is 20.1. The molecule has 0 radical (unpaired) electrons. The maximum absolute atomic E-state index is 13.0. The first-order valence-corrected chi connectivity index (χ1v) is 12.4. The van der Waals surface area contributed by atoms with Crippen molar-refractivity contribution in [3.63, 3.8) is 0 Å². The summed E-state index contributed by atoms with van der Waals surface area (Å²) >= 11 is 0. The summed E-state index contributed by atoms with van der Waals surface area (Å²) < 4.78 is 28.9. The Morgan fingerprint density at radius 1 is 1.18 bits per heavy atom. The third-order valence-corrected chi connectivity index (χ3v) is 8.17. The van der Waals surface area contributed by atoms with Gasteiger partial charge in [-0.15, -0.1) is 0 Å². The minimum atomic E-state index is -3.85. The van der Waals surface area contributed by atoms with Gasteiger partial charge in [-0.2, -0.15) is 14.7 Å². The molecule has 1 saturated heterocycles. The molecular weight excluding hydrogens is 456 g/mol. The number of phenols is 1. The van der Waals surface area contributed by atoms with Gasteiger partial charge in [0.1, 0.15) is 22.3 Å². The normalized spacial score (nSPS) is 14.9. The zero-order chi connectivity index (χ0) is 24.6. The SMILES string of the molecule is Cc1ccc(O)c(S(=O)(=O)N2CCN(C(=O)CCc3c(C)nc4c(C#N)cnn4c3C)CC2)c1. The van der Waals surface area contributed by atoms with Crippen LogP contribution in [0.1, 0.15) is 34.5 Å². The molecule has 11 heteroatoms. The first-order chi connectivity index (χ1) is 16.1. The average molecular weight is 483 g/mol. The molecule has 0 bridgehead atoms. The minimum absolute atomic E-state index is 0.0625. The number of fused-ring (bicyclic) bond motifs is 1. The number of benzene rings is 1. The van der Waals surface area contributed by atoms with Gasteiger partial charge in [-0.3, -0.25) is 4.79 Å². The second-order valence-corrected chi connectivity index (χ2v) is 10.3. The summed E-state index contributed by atoms with van der Waals surface area (Å²) in [5.41, 5.74) is 4.14. The van der Waals surface area contributed by atoms with Gasteiger partial charge in [-0.05, 0) is 50.5 Å². The van der Waals surface area contributed by atoms with Gasteiger partial charge in [0.25, 0.3) is 0 Å². The van der Waals surface area contributed by atoms with E-state index in [2.05, 4.69) is 16.2 Å². The van der Waals surface area contributed by atoms with Crippen LogP contribution in [0.4, 0.5) is 0 Å². The predicted octanol–water partition coefficient (Wildman–Crippen LogP) is 1.70. The van der Waals surface area contributed by atoms with Crippen molar-refractivity contribution in [3.05, 3.63) is 52.5 Å². The number of hydrogen-bond acceptors (Lipinski definition) is 7. The fraction of sp³-hybridized carbons (Fsp3) is 0.391. The fourth-order valence-electron chi connectivity index (χ4n) is 4.29. The van der Waals surface area contributed by atoms with Crippen molar-refractivity contribution in [3.8, 4) is 11.8 Å². The van der Waals surface area contributed by atoms with Crippen molar-refractivity contribution < 1.29 is 18.3 Å². The van der Waals surface area contributed by atoms with Crippen LogP contribution in [-0.2, 0) is 21.2 Å². The molecule has 3 aromatic rings. The Bertz CT molecular complexity index is 1420. The topological polar surface area (TPSA) is 132 Å². The van der Waals surface area contributed by atoms with Crippen LogP contribution in [0.25, 0.3) is 5.65 Å². The van der Waals surface area contributed by atoms with E-state index >= 15 is 0 Å². The average Bonchev–Trinajstić information content (AvgIpc) is 3.23. The number of carbonyl (C=O) groups excluding carboxylic acids is 1. The first-order valence-electron chi connectivity index (χ1n) is 10.9. The molecule has 178 valence electrons. The number of nitrogens with zero attached hydrogens (tertiary/aromatic N) is 6. The number of sulfonamides is 1. The van der Waals surface area contributed by atoms with Crippen LogP contribution >= 0.6 is 0 Å². The molecule has 3 heterocycles. The molecule has 1 aliphatic heterocycles. The number of nitriles is 1. The number of aryl methyl sites for hydroxylation is 3. The van der Waals surface area contributed by atoms with Crippen molar-refractivity contribution in [2.24, 2.45) is 0 Å². The molecule has 1 amide bonds. The Morgan fingerprint density at radius 2 is 1.88 bits per heavy atom. The summed E-state index contributed by atoms with van der Waals surface area (Å²) in [6.07, 6.45) is 2.21. The lowest BCUT2D eigenvalue weighted by molar-refractivity contribution is -0.132. The molecule has 4 rings (SSSR count).